The Hall–Kier alpha value is -2.59. The first-order chi connectivity index (χ1) is 12.7. The van der Waals surface area contributed by atoms with Gasteiger partial charge in [0.1, 0.15) is 5.75 Å². The van der Waals surface area contributed by atoms with E-state index in [2.05, 4.69) is 70.2 Å². The lowest BCUT2D eigenvalue weighted by atomic mass is 10.1. The van der Waals surface area contributed by atoms with Crippen molar-refractivity contribution in [3.8, 4) is 5.75 Å². The molecule has 0 unspecified atom stereocenters. The smallest absolute Gasteiger partial charge is 0.119 e. The summed E-state index contributed by atoms with van der Waals surface area (Å²) in [5.41, 5.74) is 4.75. The minimum atomic E-state index is 0.882. The van der Waals surface area contributed by atoms with Crippen LogP contribution in [0.2, 0.25) is 0 Å². The molecule has 1 fully saturated rings. The molecular weight excluding hydrogens is 322 g/mol. The largest absolute Gasteiger partial charge is 0.497 e. The summed E-state index contributed by atoms with van der Waals surface area (Å²) in [6.45, 7) is 7.30. The van der Waals surface area contributed by atoms with Gasteiger partial charge >= 0.3 is 0 Å². The zero-order valence-corrected chi connectivity index (χ0v) is 15.5. The van der Waals surface area contributed by atoms with Crippen LogP contribution in [0.1, 0.15) is 11.3 Å². The number of benzene rings is 2. The van der Waals surface area contributed by atoms with E-state index in [-0.39, 0.29) is 0 Å². The van der Waals surface area contributed by atoms with Gasteiger partial charge in [-0.05, 0) is 36.8 Å². The molecular formula is C22H25N3O. The molecule has 4 rings (SSSR count). The second kappa shape index (κ2) is 7.34. The lowest BCUT2D eigenvalue weighted by molar-refractivity contribution is 0.250. The highest BCUT2D eigenvalue weighted by Gasteiger charge is 2.19. The minimum Gasteiger partial charge on any atom is -0.497 e. The van der Waals surface area contributed by atoms with Crippen molar-refractivity contribution in [2.75, 3.05) is 38.2 Å². The molecule has 26 heavy (non-hydrogen) atoms. The van der Waals surface area contributed by atoms with E-state index in [1.807, 2.05) is 6.07 Å². The summed E-state index contributed by atoms with van der Waals surface area (Å²) in [7, 11) is 1.71. The van der Waals surface area contributed by atoms with Gasteiger partial charge in [0.15, 0.2) is 0 Å². The summed E-state index contributed by atoms with van der Waals surface area (Å²) in [6.07, 6.45) is 0. The van der Waals surface area contributed by atoms with Crippen LogP contribution < -0.4 is 9.64 Å². The van der Waals surface area contributed by atoms with Gasteiger partial charge in [-0.1, -0.05) is 30.3 Å². The number of pyridine rings is 1. The van der Waals surface area contributed by atoms with Crippen molar-refractivity contribution in [3.63, 3.8) is 0 Å². The molecule has 0 aliphatic carbocycles. The summed E-state index contributed by atoms with van der Waals surface area (Å²) >= 11 is 0. The number of hydrogen-bond acceptors (Lipinski definition) is 4. The van der Waals surface area contributed by atoms with E-state index in [1.165, 1.54) is 16.6 Å². The van der Waals surface area contributed by atoms with Crippen molar-refractivity contribution in [1.82, 2.24) is 9.88 Å². The maximum Gasteiger partial charge on any atom is 0.119 e. The first-order valence-corrected chi connectivity index (χ1v) is 9.19. The van der Waals surface area contributed by atoms with Crippen LogP contribution in [0.3, 0.4) is 0 Å². The van der Waals surface area contributed by atoms with Gasteiger partial charge in [0.25, 0.3) is 0 Å². The number of piperazine rings is 1. The second-order valence-corrected chi connectivity index (χ2v) is 6.91. The number of hydrogen-bond donors (Lipinski definition) is 0. The molecule has 1 aliphatic heterocycles. The van der Waals surface area contributed by atoms with Gasteiger partial charge in [-0.3, -0.25) is 9.88 Å². The Kier molecular flexibility index (Phi) is 4.76. The zero-order chi connectivity index (χ0) is 17.9. The van der Waals surface area contributed by atoms with Crippen molar-refractivity contribution in [3.05, 3.63) is 65.9 Å². The van der Waals surface area contributed by atoms with E-state index in [0.717, 1.165) is 49.7 Å². The van der Waals surface area contributed by atoms with Crippen LogP contribution in [0, 0.1) is 6.92 Å². The number of aryl methyl sites for hydroxylation is 1. The Morgan fingerprint density at radius 2 is 1.73 bits per heavy atom. The maximum absolute atomic E-state index is 5.42. The Bertz CT molecular complexity index is 887. The molecule has 0 saturated carbocycles. The van der Waals surface area contributed by atoms with Crippen molar-refractivity contribution in [2.45, 2.75) is 13.5 Å². The molecule has 0 spiro atoms. The van der Waals surface area contributed by atoms with Gasteiger partial charge in [0.2, 0.25) is 0 Å². The molecule has 1 aliphatic rings. The molecule has 1 aromatic heterocycles. The van der Waals surface area contributed by atoms with Gasteiger partial charge in [0, 0.05) is 49.5 Å². The van der Waals surface area contributed by atoms with Gasteiger partial charge in [-0.25, -0.2) is 0 Å². The van der Waals surface area contributed by atoms with Crippen molar-refractivity contribution in [2.24, 2.45) is 0 Å². The van der Waals surface area contributed by atoms with Crippen molar-refractivity contribution >= 4 is 16.6 Å². The first kappa shape index (κ1) is 16.9. The highest BCUT2D eigenvalue weighted by atomic mass is 16.5. The summed E-state index contributed by atoms with van der Waals surface area (Å²) in [4.78, 5) is 9.70. The molecule has 0 bridgehead atoms. The fraction of sp³-hybridized carbons (Fsp3) is 0.318. The monoisotopic (exact) mass is 347 g/mol. The molecule has 1 saturated heterocycles. The third kappa shape index (κ3) is 3.51. The predicted octanol–water partition coefficient (Wildman–Crippen LogP) is 3.87. The van der Waals surface area contributed by atoms with Crippen LogP contribution in [-0.4, -0.2) is 43.2 Å². The summed E-state index contributed by atoms with van der Waals surface area (Å²) in [5.74, 6) is 0.882. The molecule has 0 radical (unpaired) electrons. The van der Waals surface area contributed by atoms with Crippen LogP contribution in [0.25, 0.3) is 10.9 Å². The maximum atomic E-state index is 5.42. The Morgan fingerprint density at radius 1 is 0.962 bits per heavy atom. The minimum absolute atomic E-state index is 0.882. The van der Waals surface area contributed by atoms with E-state index in [0.29, 0.717) is 0 Å². The SMILES string of the molecule is COc1ccc2nc(C)cc(N3CCN(Cc4ccccc4)CC3)c2c1. The number of aromatic nitrogens is 1. The molecule has 134 valence electrons. The predicted molar refractivity (Wildman–Crippen MR) is 107 cm³/mol. The third-order valence-electron chi connectivity index (χ3n) is 5.08. The van der Waals surface area contributed by atoms with Gasteiger partial charge in [0.05, 0.1) is 12.6 Å². The van der Waals surface area contributed by atoms with E-state index in [9.17, 15) is 0 Å². The molecule has 0 atom stereocenters. The lowest BCUT2D eigenvalue weighted by Crippen LogP contribution is -2.46. The van der Waals surface area contributed by atoms with E-state index < -0.39 is 0 Å². The number of methoxy groups -OCH3 is 1. The fourth-order valence-electron chi connectivity index (χ4n) is 3.69. The quantitative estimate of drug-likeness (QED) is 0.716. The van der Waals surface area contributed by atoms with Crippen LogP contribution in [-0.2, 0) is 6.54 Å². The van der Waals surface area contributed by atoms with Crippen LogP contribution >= 0.6 is 0 Å². The summed E-state index contributed by atoms with van der Waals surface area (Å²) in [5, 5.41) is 1.17. The molecule has 0 amide bonds. The number of ether oxygens (including phenoxy) is 1. The summed E-state index contributed by atoms with van der Waals surface area (Å²) in [6, 6.07) is 19.1. The van der Waals surface area contributed by atoms with E-state index in [1.54, 1.807) is 7.11 Å². The van der Waals surface area contributed by atoms with Gasteiger partial charge in [-0.2, -0.15) is 0 Å². The van der Waals surface area contributed by atoms with Crippen LogP contribution in [0.4, 0.5) is 5.69 Å². The molecule has 2 heterocycles. The normalized spacial score (nSPS) is 15.4. The molecule has 0 N–H and O–H groups in total. The molecule has 2 aromatic carbocycles. The van der Waals surface area contributed by atoms with Crippen LogP contribution in [0.5, 0.6) is 5.75 Å². The lowest BCUT2D eigenvalue weighted by Gasteiger charge is -2.36. The topological polar surface area (TPSA) is 28.6 Å². The Balaban J connectivity index is 1.53. The van der Waals surface area contributed by atoms with Gasteiger partial charge in [-0.15, -0.1) is 0 Å². The highest BCUT2D eigenvalue weighted by molar-refractivity contribution is 5.93. The summed E-state index contributed by atoms with van der Waals surface area (Å²) < 4.78 is 5.42. The highest BCUT2D eigenvalue weighted by Crippen LogP contribution is 2.30. The average molecular weight is 347 g/mol. The number of anilines is 1. The van der Waals surface area contributed by atoms with Crippen LogP contribution in [0.15, 0.2) is 54.6 Å². The van der Waals surface area contributed by atoms with Crippen molar-refractivity contribution < 1.29 is 4.74 Å². The second-order valence-electron chi connectivity index (χ2n) is 6.91. The van der Waals surface area contributed by atoms with Crippen molar-refractivity contribution in [1.29, 1.82) is 0 Å². The van der Waals surface area contributed by atoms with E-state index >= 15 is 0 Å². The Morgan fingerprint density at radius 3 is 2.46 bits per heavy atom. The average Bonchev–Trinajstić information content (AvgIpc) is 2.68. The standard InChI is InChI=1S/C22H25N3O/c1-17-14-22(20-15-19(26-2)8-9-21(20)23-17)25-12-10-24(11-13-25)16-18-6-4-3-5-7-18/h3-9,14-15H,10-13,16H2,1-2H3. The number of fused-ring (bicyclic) bond motifs is 1. The molecule has 4 heteroatoms. The zero-order valence-electron chi connectivity index (χ0n) is 15.5. The third-order valence-corrected chi connectivity index (χ3v) is 5.08. The van der Waals surface area contributed by atoms with E-state index in [4.69, 9.17) is 4.74 Å². The number of nitrogens with zero attached hydrogens (tertiary/aromatic N) is 3. The first-order valence-electron chi connectivity index (χ1n) is 9.19. The number of rotatable bonds is 4. The molecule has 4 nitrogen and oxygen atoms in total. The Labute approximate surface area is 155 Å². The fourth-order valence-corrected chi connectivity index (χ4v) is 3.69. The molecule has 3 aromatic rings. The van der Waals surface area contributed by atoms with Gasteiger partial charge < -0.3 is 9.64 Å².